The van der Waals surface area contributed by atoms with E-state index in [1.807, 2.05) is 51.1 Å². The van der Waals surface area contributed by atoms with Gasteiger partial charge in [-0.2, -0.15) is 0 Å². The number of anilines is 1. The van der Waals surface area contributed by atoms with E-state index < -0.39 is 17.7 Å². The normalized spacial score (nSPS) is 12.2. The van der Waals surface area contributed by atoms with Gasteiger partial charge in [-0.1, -0.05) is 55.0 Å². The van der Waals surface area contributed by atoms with Crippen LogP contribution in [0.25, 0.3) is 22.0 Å². The van der Waals surface area contributed by atoms with Gasteiger partial charge in [0, 0.05) is 17.7 Å². The molecule has 0 spiro atoms. The van der Waals surface area contributed by atoms with Gasteiger partial charge < -0.3 is 25.5 Å². The maximum absolute atomic E-state index is 12.6. The number of nitrogens with two attached hydrogens (primary N) is 1. The third kappa shape index (κ3) is 8.33. The van der Waals surface area contributed by atoms with Gasteiger partial charge >= 0.3 is 12.1 Å². The number of hydrogen-bond donors (Lipinski definition) is 3. The molecular formula is C31H36N4O4. The number of amides is 1. The molecule has 0 radical (unpaired) electrons. The number of imidazole rings is 1. The van der Waals surface area contributed by atoms with Crippen LogP contribution in [0.4, 0.5) is 10.5 Å². The van der Waals surface area contributed by atoms with Crippen molar-refractivity contribution in [3.8, 4) is 11.3 Å². The Balaban J connectivity index is 1.37. The smallest absolute Gasteiger partial charge is 0.408 e. The quantitative estimate of drug-likeness (QED) is 0.120. The van der Waals surface area contributed by atoms with Crippen molar-refractivity contribution in [1.29, 1.82) is 0 Å². The number of rotatable bonds is 10. The number of aromatic amines is 1. The van der Waals surface area contributed by atoms with Gasteiger partial charge in [0.2, 0.25) is 0 Å². The summed E-state index contributed by atoms with van der Waals surface area (Å²) in [5.41, 5.74) is 8.50. The minimum absolute atomic E-state index is 0.191. The van der Waals surface area contributed by atoms with Crippen LogP contribution in [-0.4, -0.2) is 27.6 Å². The van der Waals surface area contributed by atoms with Gasteiger partial charge in [-0.05, 0) is 68.1 Å². The van der Waals surface area contributed by atoms with Crippen LogP contribution in [-0.2, 0) is 20.9 Å². The molecule has 0 fully saturated rings. The minimum Gasteiger partial charge on any atom is -0.461 e. The lowest BCUT2D eigenvalue weighted by molar-refractivity contribution is -0.145. The molecule has 0 saturated heterocycles. The van der Waals surface area contributed by atoms with Crippen molar-refractivity contribution in [2.75, 3.05) is 5.73 Å². The Morgan fingerprint density at radius 1 is 1.00 bits per heavy atom. The van der Waals surface area contributed by atoms with Gasteiger partial charge in [0.25, 0.3) is 0 Å². The largest absolute Gasteiger partial charge is 0.461 e. The molecule has 204 valence electrons. The van der Waals surface area contributed by atoms with Crippen LogP contribution < -0.4 is 11.1 Å². The second-order valence-corrected chi connectivity index (χ2v) is 10.6. The fourth-order valence-electron chi connectivity index (χ4n) is 4.28. The summed E-state index contributed by atoms with van der Waals surface area (Å²) in [4.78, 5) is 32.8. The van der Waals surface area contributed by atoms with E-state index >= 15 is 0 Å². The zero-order chi connectivity index (χ0) is 27.8. The minimum atomic E-state index is -0.624. The molecule has 0 saturated carbocycles. The number of benzene rings is 3. The molecule has 0 unspecified atom stereocenters. The molecule has 4 rings (SSSR count). The number of hydrogen-bond acceptors (Lipinski definition) is 6. The molecule has 0 bridgehead atoms. The van der Waals surface area contributed by atoms with Crippen molar-refractivity contribution in [3.05, 3.63) is 84.3 Å². The molecule has 3 aromatic carbocycles. The zero-order valence-corrected chi connectivity index (χ0v) is 22.7. The van der Waals surface area contributed by atoms with E-state index in [1.165, 1.54) is 0 Å². The summed E-state index contributed by atoms with van der Waals surface area (Å²) in [6.07, 6.45) is 3.41. The van der Waals surface area contributed by atoms with Gasteiger partial charge in [0.15, 0.2) is 0 Å². The number of carbonyl (C=O) groups is 2. The Labute approximate surface area is 228 Å². The number of nitrogens with zero attached hydrogens (tertiary/aromatic N) is 1. The van der Waals surface area contributed by atoms with E-state index in [2.05, 4.69) is 39.6 Å². The molecular weight excluding hydrogens is 492 g/mol. The first kappa shape index (κ1) is 27.7. The van der Waals surface area contributed by atoms with Crippen LogP contribution in [0.2, 0.25) is 0 Å². The fourth-order valence-corrected chi connectivity index (χ4v) is 4.28. The molecule has 1 atom stereocenters. The highest BCUT2D eigenvalue weighted by Gasteiger charge is 2.22. The van der Waals surface area contributed by atoms with E-state index in [9.17, 15) is 9.59 Å². The van der Waals surface area contributed by atoms with Crippen LogP contribution in [0.1, 0.15) is 63.9 Å². The van der Waals surface area contributed by atoms with Crippen molar-refractivity contribution in [1.82, 2.24) is 15.3 Å². The second kappa shape index (κ2) is 12.5. The Kier molecular flexibility index (Phi) is 8.86. The van der Waals surface area contributed by atoms with Crippen molar-refractivity contribution < 1.29 is 19.1 Å². The second-order valence-electron chi connectivity index (χ2n) is 10.6. The molecule has 8 heteroatoms. The maximum atomic E-state index is 12.6. The number of H-pyrrole nitrogens is 1. The van der Waals surface area contributed by atoms with Gasteiger partial charge in [-0.25, -0.2) is 9.78 Å². The van der Waals surface area contributed by atoms with E-state index in [0.29, 0.717) is 30.8 Å². The van der Waals surface area contributed by atoms with Crippen molar-refractivity contribution in [3.63, 3.8) is 0 Å². The molecule has 1 amide bonds. The number of nitrogens with one attached hydrogen (secondary N) is 2. The SMILES string of the molecule is CC(C)(C)OC(=O)N[C@@H](CCCCC(=O)OCc1cccc(N)c1)c1ncc(-c2ccc3ccccc3c2)[nH]1. The summed E-state index contributed by atoms with van der Waals surface area (Å²) in [6, 6.07) is 21.3. The number of aromatic nitrogens is 2. The van der Waals surface area contributed by atoms with E-state index in [0.717, 1.165) is 27.6 Å². The first-order valence-corrected chi connectivity index (χ1v) is 13.2. The highest BCUT2D eigenvalue weighted by atomic mass is 16.6. The lowest BCUT2D eigenvalue weighted by Gasteiger charge is -2.23. The first-order valence-electron chi connectivity index (χ1n) is 13.2. The van der Waals surface area contributed by atoms with Gasteiger partial charge in [0.05, 0.1) is 17.9 Å². The lowest BCUT2D eigenvalue weighted by Crippen LogP contribution is -2.35. The van der Waals surface area contributed by atoms with Crippen LogP contribution in [0, 0.1) is 0 Å². The lowest BCUT2D eigenvalue weighted by atomic mass is 10.1. The third-order valence-corrected chi connectivity index (χ3v) is 6.15. The zero-order valence-electron chi connectivity index (χ0n) is 22.7. The first-order chi connectivity index (χ1) is 18.7. The molecule has 0 aliphatic rings. The molecule has 4 N–H and O–H groups in total. The van der Waals surface area contributed by atoms with Crippen molar-refractivity contribution in [2.45, 2.75) is 64.7 Å². The Bertz CT molecular complexity index is 1420. The number of unbranched alkanes of at least 4 members (excludes halogenated alkanes) is 1. The molecule has 1 aromatic heterocycles. The summed E-state index contributed by atoms with van der Waals surface area (Å²) < 4.78 is 10.9. The maximum Gasteiger partial charge on any atom is 0.408 e. The number of carbonyl (C=O) groups excluding carboxylic acids is 2. The monoisotopic (exact) mass is 528 g/mol. The van der Waals surface area contributed by atoms with Crippen LogP contribution >= 0.6 is 0 Å². The molecule has 8 nitrogen and oxygen atoms in total. The van der Waals surface area contributed by atoms with Gasteiger partial charge in [-0.15, -0.1) is 0 Å². The predicted octanol–water partition coefficient (Wildman–Crippen LogP) is 6.68. The molecule has 4 aromatic rings. The summed E-state index contributed by atoms with van der Waals surface area (Å²) in [6.45, 7) is 5.65. The van der Waals surface area contributed by atoms with E-state index in [4.69, 9.17) is 15.2 Å². The highest BCUT2D eigenvalue weighted by Crippen LogP contribution is 2.26. The van der Waals surface area contributed by atoms with Gasteiger partial charge in [-0.3, -0.25) is 4.79 Å². The highest BCUT2D eigenvalue weighted by molar-refractivity contribution is 5.86. The van der Waals surface area contributed by atoms with E-state index in [1.54, 1.807) is 18.3 Å². The topological polar surface area (TPSA) is 119 Å². The standard InChI is InChI=1S/C31H36N4O4/c1-31(2,3)39-30(37)35-26(13-6-7-14-28(36)38-20-21-9-8-12-25(32)17-21)29-33-19-27(34-29)24-16-15-22-10-4-5-11-23(22)18-24/h4-5,8-12,15-19,26H,6-7,13-14,20,32H2,1-3H3,(H,33,34)(H,35,37)/t26-/m0/s1. The summed E-state index contributed by atoms with van der Waals surface area (Å²) in [7, 11) is 0. The molecule has 0 aliphatic heterocycles. The van der Waals surface area contributed by atoms with Crippen molar-refractivity contribution >= 4 is 28.5 Å². The Hall–Kier alpha value is -4.33. The number of nitrogen functional groups attached to an aromatic ring is 1. The van der Waals surface area contributed by atoms with Crippen LogP contribution in [0.3, 0.4) is 0 Å². The van der Waals surface area contributed by atoms with Crippen LogP contribution in [0.15, 0.2) is 72.9 Å². The molecule has 39 heavy (non-hydrogen) atoms. The van der Waals surface area contributed by atoms with Gasteiger partial charge in [0.1, 0.15) is 18.0 Å². The summed E-state index contributed by atoms with van der Waals surface area (Å²) in [5.74, 6) is 0.360. The fraction of sp³-hybridized carbons (Fsp3) is 0.323. The number of fused-ring (bicyclic) bond motifs is 1. The Morgan fingerprint density at radius 3 is 2.56 bits per heavy atom. The average Bonchev–Trinajstić information content (AvgIpc) is 3.38. The predicted molar refractivity (Wildman–Crippen MR) is 153 cm³/mol. The summed E-state index contributed by atoms with van der Waals surface area (Å²) in [5, 5.41) is 5.24. The third-order valence-electron chi connectivity index (χ3n) is 6.15. The number of alkyl carbamates (subject to hydrolysis) is 1. The van der Waals surface area contributed by atoms with Crippen LogP contribution in [0.5, 0.6) is 0 Å². The molecule has 0 aliphatic carbocycles. The number of esters is 1. The summed E-state index contributed by atoms with van der Waals surface area (Å²) >= 11 is 0. The molecule has 1 heterocycles. The van der Waals surface area contributed by atoms with Crippen molar-refractivity contribution in [2.24, 2.45) is 0 Å². The van der Waals surface area contributed by atoms with E-state index in [-0.39, 0.29) is 19.0 Å². The number of ether oxygens (including phenoxy) is 2. The Morgan fingerprint density at radius 2 is 1.79 bits per heavy atom. The average molecular weight is 529 g/mol.